The molecule has 1 heterocycles. The molecule has 0 radical (unpaired) electrons. The van der Waals surface area contributed by atoms with Gasteiger partial charge in [-0.05, 0) is 36.8 Å². The zero-order chi connectivity index (χ0) is 14.8. The Bertz CT molecular complexity index is 364. The van der Waals surface area contributed by atoms with Crippen molar-refractivity contribution in [1.29, 1.82) is 0 Å². The van der Waals surface area contributed by atoms with Crippen molar-refractivity contribution in [2.24, 2.45) is 5.92 Å². The maximum atomic E-state index is 10.4. The Hall–Kier alpha value is 0.416. The average molecular weight is 317 g/mol. The zero-order valence-electron chi connectivity index (χ0n) is 14.1. The third kappa shape index (κ3) is 8.00. The van der Waals surface area contributed by atoms with E-state index < -0.39 is 0 Å². The minimum absolute atomic E-state index is 0. The molecule has 0 saturated carbocycles. The number of nitrogens with zero attached hydrogens (tertiary/aromatic N) is 1. The van der Waals surface area contributed by atoms with E-state index in [2.05, 4.69) is 30.6 Å². The summed E-state index contributed by atoms with van der Waals surface area (Å²) in [7, 11) is 1.78. The van der Waals surface area contributed by atoms with Gasteiger partial charge >= 0.3 is 51.4 Å². The smallest absolute Gasteiger partial charge is 0.692 e. The summed E-state index contributed by atoms with van der Waals surface area (Å²) in [5.74, 6) is 0.436. The average Bonchev–Trinajstić information content (AvgIpc) is 2.47. The molecule has 0 aromatic rings. The number of allylic oxidation sites excluding steroid dienone is 3. The molecule has 4 heteroatoms. The van der Waals surface area contributed by atoms with E-state index >= 15 is 0 Å². The fourth-order valence-corrected chi connectivity index (χ4v) is 2.63. The summed E-state index contributed by atoms with van der Waals surface area (Å²) in [5.41, 5.74) is 2.27. The quantitative estimate of drug-likeness (QED) is 0.629. The minimum atomic E-state index is -0.196. The van der Waals surface area contributed by atoms with E-state index in [0.29, 0.717) is 5.92 Å². The molecule has 0 spiro atoms. The molecule has 1 aliphatic rings. The zero-order valence-corrected chi connectivity index (χ0v) is 17.2. The number of rotatable bonds is 9. The third-order valence-electron chi connectivity index (χ3n) is 3.94. The first kappa shape index (κ1) is 21.4. The molecule has 0 bridgehead atoms. The predicted octanol–water partition coefficient (Wildman–Crippen LogP) is 1.24. The van der Waals surface area contributed by atoms with Gasteiger partial charge in [-0.1, -0.05) is 39.2 Å². The van der Waals surface area contributed by atoms with Gasteiger partial charge in [-0.15, -0.1) is 7.05 Å². The van der Waals surface area contributed by atoms with Crippen LogP contribution in [-0.2, 0) is 0 Å². The van der Waals surface area contributed by atoms with Crippen molar-refractivity contribution < 1.29 is 56.5 Å². The Morgan fingerprint density at radius 2 is 2.10 bits per heavy atom. The van der Waals surface area contributed by atoms with Crippen LogP contribution < -0.4 is 56.7 Å². The van der Waals surface area contributed by atoms with Crippen LogP contribution in [0.2, 0.25) is 0 Å². The first-order valence-electron chi connectivity index (χ1n) is 7.82. The molecule has 2 N–H and O–H groups in total. The molecule has 2 atom stereocenters. The van der Waals surface area contributed by atoms with E-state index in [1.54, 1.807) is 7.05 Å². The van der Waals surface area contributed by atoms with E-state index in [1.165, 1.54) is 18.4 Å². The van der Waals surface area contributed by atoms with Crippen LogP contribution in [-0.4, -0.2) is 18.3 Å². The first-order valence-corrected chi connectivity index (χ1v) is 7.82. The van der Waals surface area contributed by atoms with Crippen LogP contribution in [0, 0.1) is 5.92 Å². The van der Waals surface area contributed by atoms with Crippen molar-refractivity contribution in [3.05, 3.63) is 41.1 Å². The van der Waals surface area contributed by atoms with E-state index in [0.717, 1.165) is 31.4 Å². The van der Waals surface area contributed by atoms with Crippen LogP contribution in [0.3, 0.4) is 0 Å². The van der Waals surface area contributed by atoms with Gasteiger partial charge in [0.1, 0.15) is 0 Å². The van der Waals surface area contributed by atoms with Crippen molar-refractivity contribution >= 4 is 0 Å². The second-order valence-electron chi connectivity index (χ2n) is 5.41. The van der Waals surface area contributed by atoms with Gasteiger partial charge in [0.05, 0.1) is 6.10 Å². The van der Waals surface area contributed by atoms with Crippen molar-refractivity contribution in [2.75, 3.05) is 7.05 Å². The van der Waals surface area contributed by atoms with Crippen LogP contribution in [0.25, 0.3) is 5.32 Å². The maximum Gasteiger partial charge on any atom is 1.00 e. The number of aliphatic hydroxyl groups excluding tert-OH is 1. The van der Waals surface area contributed by atoms with Crippen molar-refractivity contribution in [3.8, 4) is 0 Å². The van der Waals surface area contributed by atoms with E-state index in [4.69, 9.17) is 0 Å². The Labute approximate surface area is 172 Å². The van der Waals surface area contributed by atoms with Crippen molar-refractivity contribution in [1.82, 2.24) is 5.32 Å². The molecular weight excluding hydrogens is 287 g/mol. The molecule has 1 aliphatic heterocycles. The summed E-state index contributed by atoms with van der Waals surface area (Å²) in [6.07, 6.45) is 14.0. The Morgan fingerprint density at radius 3 is 2.71 bits per heavy atom. The SMILES string of the molecule is CCCCC(CC)C(O)CCC1=CC=CN/C1=C\[N-]C.[K+]. The fourth-order valence-electron chi connectivity index (χ4n) is 2.63. The second kappa shape index (κ2) is 12.9. The molecule has 0 aliphatic carbocycles. The molecule has 0 amide bonds. The maximum absolute atomic E-state index is 10.4. The third-order valence-corrected chi connectivity index (χ3v) is 3.94. The van der Waals surface area contributed by atoms with Gasteiger partial charge in [0.15, 0.2) is 0 Å². The van der Waals surface area contributed by atoms with Gasteiger partial charge in [-0.3, -0.25) is 0 Å². The summed E-state index contributed by atoms with van der Waals surface area (Å²) >= 11 is 0. The minimum Gasteiger partial charge on any atom is -0.692 e. The van der Waals surface area contributed by atoms with Gasteiger partial charge in [-0.25, -0.2) is 0 Å². The van der Waals surface area contributed by atoms with Crippen LogP contribution in [0.5, 0.6) is 0 Å². The van der Waals surface area contributed by atoms with Gasteiger partial charge in [-0.2, -0.15) is 6.20 Å². The van der Waals surface area contributed by atoms with Crippen LogP contribution in [0.15, 0.2) is 35.8 Å². The largest absolute Gasteiger partial charge is 1.00 e. The van der Waals surface area contributed by atoms with E-state index in [-0.39, 0.29) is 57.5 Å². The number of nitrogens with one attached hydrogen (secondary N) is 1. The second-order valence-corrected chi connectivity index (χ2v) is 5.41. The topological polar surface area (TPSA) is 46.4 Å². The molecule has 1 rings (SSSR count). The van der Waals surface area contributed by atoms with Crippen molar-refractivity contribution in [2.45, 2.75) is 58.5 Å². The Morgan fingerprint density at radius 1 is 1.33 bits per heavy atom. The summed E-state index contributed by atoms with van der Waals surface area (Å²) < 4.78 is 0. The first-order chi connectivity index (χ1) is 9.72. The van der Waals surface area contributed by atoms with Gasteiger partial charge < -0.3 is 15.7 Å². The number of hydrogen-bond donors (Lipinski definition) is 2. The summed E-state index contributed by atoms with van der Waals surface area (Å²) in [6, 6.07) is 0. The van der Waals surface area contributed by atoms with Gasteiger partial charge in [0.2, 0.25) is 0 Å². The number of dihydropyridines is 1. The monoisotopic (exact) mass is 316 g/mol. The molecular formula is C17H29KN2O. The van der Waals surface area contributed by atoms with E-state index in [1.807, 2.05) is 18.5 Å². The molecule has 0 aromatic heterocycles. The van der Waals surface area contributed by atoms with Crippen LogP contribution in [0.4, 0.5) is 0 Å². The number of hydrogen-bond acceptors (Lipinski definition) is 2. The van der Waals surface area contributed by atoms with Crippen LogP contribution in [0.1, 0.15) is 52.4 Å². The molecule has 2 unspecified atom stereocenters. The molecule has 0 fully saturated rings. The summed E-state index contributed by atoms with van der Waals surface area (Å²) in [6.45, 7) is 4.38. The van der Waals surface area contributed by atoms with Crippen molar-refractivity contribution in [3.63, 3.8) is 0 Å². The molecule has 21 heavy (non-hydrogen) atoms. The molecule has 0 saturated heterocycles. The fraction of sp³-hybridized carbons (Fsp3) is 0.647. The Balaban J connectivity index is 0.00000400. The molecule has 114 valence electrons. The molecule has 0 aromatic carbocycles. The Kier molecular flexibility index (Phi) is 13.2. The summed E-state index contributed by atoms with van der Waals surface area (Å²) in [5, 5.41) is 17.6. The van der Waals surface area contributed by atoms with Gasteiger partial charge in [0, 0.05) is 11.9 Å². The predicted molar refractivity (Wildman–Crippen MR) is 86.3 cm³/mol. The van der Waals surface area contributed by atoms with E-state index in [9.17, 15) is 5.11 Å². The number of unbranched alkanes of at least 4 members (excludes halogenated alkanes) is 1. The van der Waals surface area contributed by atoms with Gasteiger partial charge in [0.25, 0.3) is 0 Å². The standard InChI is InChI=1S/C17H29N2O.K/c1-4-6-8-14(5-2)17(20)11-10-15-9-7-12-19-16(15)13-18-3;/h7,9,12-14,17,19-20H,4-6,8,10-11H2,1-3H3;/q-1;+1/b16-13-;. The normalized spacial score (nSPS) is 18.5. The summed E-state index contributed by atoms with van der Waals surface area (Å²) in [4.78, 5) is 0. The van der Waals surface area contributed by atoms with Crippen LogP contribution >= 0.6 is 0 Å². The number of aliphatic hydroxyl groups is 1. The molecule has 3 nitrogen and oxygen atoms in total.